The molecule has 0 saturated heterocycles. The molecule has 0 aliphatic heterocycles. The minimum absolute atomic E-state index is 0.0539. The van der Waals surface area contributed by atoms with Crippen LogP contribution in [0, 0.1) is 6.92 Å². The van der Waals surface area contributed by atoms with Crippen molar-refractivity contribution in [2.24, 2.45) is 0 Å². The zero-order valence-electron chi connectivity index (χ0n) is 13.4. The number of hydrogen-bond acceptors (Lipinski definition) is 4. The normalized spacial score (nSPS) is 11.1. The second-order valence-corrected chi connectivity index (χ2v) is 6.94. The molecule has 24 heavy (non-hydrogen) atoms. The first kappa shape index (κ1) is 17.8. The Morgan fingerprint density at radius 2 is 1.83 bits per heavy atom. The Kier molecular flexibility index (Phi) is 5.46. The van der Waals surface area contributed by atoms with E-state index in [0.29, 0.717) is 6.61 Å². The standard InChI is InChI=1S/C17H19NO5S/c1-3-10-23-15-9-4-12(2)11-16(15)24(21,22)18-14-7-5-13(6-8-14)17(19)20/h4-9,11,18H,3,10H2,1-2H3,(H,19,20). The van der Waals surface area contributed by atoms with Crippen molar-refractivity contribution in [3.05, 3.63) is 53.6 Å². The third-order valence-corrected chi connectivity index (χ3v) is 4.64. The van der Waals surface area contributed by atoms with Crippen LogP contribution in [0.15, 0.2) is 47.4 Å². The lowest BCUT2D eigenvalue weighted by atomic mass is 10.2. The maximum atomic E-state index is 12.6. The molecule has 0 heterocycles. The van der Waals surface area contributed by atoms with Crippen molar-refractivity contribution in [2.75, 3.05) is 11.3 Å². The fourth-order valence-electron chi connectivity index (χ4n) is 2.05. The number of ether oxygens (including phenoxy) is 1. The molecule has 2 N–H and O–H groups in total. The topological polar surface area (TPSA) is 92.7 Å². The van der Waals surface area contributed by atoms with Gasteiger partial charge in [-0.3, -0.25) is 4.72 Å². The summed E-state index contributed by atoms with van der Waals surface area (Å²) in [5.41, 5.74) is 1.16. The Morgan fingerprint density at radius 1 is 1.17 bits per heavy atom. The van der Waals surface area contributed by atoms with E-state index in [4.69, 9.17) is 9.84 Å². The summed E-state index contributed by atoms with van der Waals surface area (Å²) in [5, 5.41) is 8.88. The van der Waals surface area contributed by atoms with E-state index in [2.05, 4.69) is 4.72 Å². The SMILES string of the molecule is CCCOc1ccc(C)cc1S(=O)(=O)Nc1ccc(C(=O)O)cc1. The van der Waals surface area contributed by atoms with Gasteiger partial charge in [0.1, 0.15) is 10.6 Å². The number of benzene rings is 2. The smallest absolute Gasteiger partial charge is 0.335 e. The van der Waals surface area contributed by atoms with Crippen LogP contribution in [-0.4, -0.2) is 26.1 Å². The summed E-state index contributed by atoms with van der Waals surface area (Å²) < 4.78 is 33.3. The number of sulfonamides is 1. The van der Waals surface area contributed by atoms with Gasteiger partial charge in [-0.2, -0.15) is 0 Å². The summed E-state index contributed by atoms with van der Waals surface area (Å²) in [6.07, 6.45) is 0.761. The number of hydrogen-bond donors (Lipinski definition) is 2. The Balaban J connectivity index is 2.32. The zero-order valence-corrected chi connectivity index (χ0v) is 14.3. The summed E-state index contributed by atoms with van der Waals surface area (Å²) >= 11 is 0. The molecule has 0 aliphatic rings. The third-order valence-electron chi connectivity index (χ3n) is 3.23. The van der Waals surface area contributed by atoms with E-state index in [0.717, 1.165) is 12.0 Å². The molecular formula is C17H19NO5S. The van der Waals surface area contributed by atoms with Crippen molar-refractivity contribution in [3.63, 3.8) is 0 Å². The van der Waals surface area contributed by atoms with Crippen LogP contribution >= 0.6 is 0 Å². The van der Waals surface area contributed by atoms with Gasteiger partial charge in [-0.1, -0.05) is 13.0 Å². The van der Waals surface area contributed by atoms with Crippen molar-refractivity contribution in [1.29, 1.82) is 0 Å². The molecule has 0 aromatic heterocycles. The van der Waals surface area contributed by atoms with Crippen LogP contribution in [-0.2, 0) is 10.0 Å². The van der Waals surface area contributed by atoms with Gasteiger partial charge in [0.15, 0.2) is 0 Å². The van der Waals surface area contributed by atoms with Crippen molar-refractivity contribution in [1.82, 2.24) is 0 Å². The summed E-state index contributed by atoms with van der Waals surface area (Å²) in [6.45, 7) is 4.15. The maximum absolute atomic E-state index is 12.6. The predicted molar refractivity (Wildman–Crippen MR) is 91.2 cm³/mol. The van der Waals surface area contributed by atoms with Crippen LogP contribution in [0.4, 0.5) is 5.69 Å². The molecule has 0 spiro atoms. The second kappa shape index (κ2) is 7.35. The van der Waals surface area contributed by atoms with Gasteiger partial charge in [0.25, 0.3) is 10.0 Å². The lowest BCUT2D eigenvalue weighted by molar-refractivity contribution is 0.0697. The Labute approximate surface area is 141 Å². The Bertz CT molecular complexity index is 829. The highest BCUT2D eigenvalue weighted by atomic mass is 32.2. The predicted octanol–water partition coefficient (Wildman–Crippen LogP) is 3.28. The number of aryl methyl sites for hydroxylation is 1. The van der Waals surface area contributed by atoms with Crippen LogP contribution in [0.5, 0.6) is 5.75 Å². The van der Waals surface area contributed by atoms with Gasteiger partial charge in [-0.25, -0.2) is 13.2 Å². The van der Waals surface area contributed by atoms with Crippen LogP contribution < -0.4 is 9.46 Å². The fraction of sp³-hybridized carbons (Fsp3) is 0.235. The average Bonchev–Trinajstić information content (AvgIpc) is 2.53. The highest BCUT2D eigenvalue weighted by molar-refractivity contribution is 7.92. The average molecular weight is 349 g/mol. The first-order valence-corrected chi connectivity index (χ1v) is 8.91. The van der Waals surface area contributed by atoms with Crippen molar-refractivity contribution < 1.29 is 23.1 Å². The Morgan fingerprint density at radius 3 is 2.42 bits per heavy atom. The zero-order chi connectivity index (χ0) is 17.7. The molecule has 0 radical (unpaired) electrons. The minimum Gasteiger partial charge on any atom is -0.492 e. The second-order valence-electron chi connectivity index (χ2n) is 5.29. The van der Waals surface area contributed by atoms with Gasteiger partial charge in [0, 0.05) is 5.69 Å². The van der Waals surface area contributed by atoms with E-state index in [9.17, 15) is 13.2 Å². The minimum atomic E-state index is -3.85. The lowest BCUT2D eigenvalue weighted by Gasteiger charge is -2.14. The van der Waals surface area contributed by atoms with Gasteiger partial charge >= 0.3 is 5.97 Å². The highest BCUT2D eigenvalue weighted by Crippen LogP contribution is 2.27. The molecule has 0 saturated carbocycles. The quantitative estimate of drug-likeness (QED) is 0.800. The van der Waals surface area contributed by atoms with E-state index in [1.54, 1.807) is 25.1 Å². The fourth-order valence-corrected chi connectivity index (χ4v) is 3.34. The summed E-state index contributed by atoms with van der Waals surface area (Å²) in [4.78, 5) is 10.9. The number of nitrogens with one attached hydrogen (secondary N) is 1. The molecule has 0 unspecified atom stereocenters. The largest absolute Gasteiger partial charge is 0.492 e. The van der Waals surface area contributed by atoms with Crippen molar-refractivity contribution in [3.8, 4) is 5.75 Å². The number of rotatable bonds is 7. The molecule has 0 aliphatic carbocycles. The summed E-state index contributed by atoms with van der Waals surface area (Å²) in [6, 6.07) is 10.4. The number of carboxylic acids is 1. The van der Waals surface area contributed by atoms with Crippen molar-refractivity contribution >= 4 is 21.7 Å². The molecule has 2 aromatic rings. The van der Waals surface area contributed by atoms with Gasteiger partial charge in [0.05, 0.1) is 12.2 Å². The van der Waals surface area contributed by atoms with Gasteiger partial charge in [-0.15, -0.1) is 0 Å². The summed E-state index contributed by atoms with van der Waals surface area (Å²) in [7, 11) is -3.85. The molecule has 0 bridgehead atoms. The highest BCUT2D eigenvalue weighted by Gasteiger charge is 2.20. The molecule has 0 amide bonds. The van der Waals surface area contributed by atoms with E-state index >= 15 is 0 Å². The van der Waals surface area contributed by atoms with E-state index < -0.39 is 16.0 Å². The molecule has 2 rings (SSSR count). The molecule has 128 valence electrons. The number of aromatic carboxylic acids is 1. The van der Waals surface area contributed by atoms with Crippen LogP contribution in [0.25, 0.3) is 0 Å². The Hall–Kier alpha value is -2.54. The number of anilines is 1. The van der Waals surface area contributed by atoms with Crippen LogP contribution in [0.1, 0.15) is 29.3 Å². The van der Waals surface area contributed by atoms with Gasteiger partial charge < -0.3 is 9.84 Å². The molecule has 0 fully saturated rings. The van der Waals surface area contributed by atoms with Crippen LogP contribution in [0.2, 0.25) is 0 Å². The third kappa shape index (κ3) is 4.26. The van der Waals surface area contributed by atoms with E-state index in [-0.39, 0.29) is 21.9 Å². The van der Waals surface area contributed by atoms with Gasteiger partial charge in [-0.05, 0) is 55.3 Å². The molecule has 6 nitrogen and oxygen atoms in total. The summed E-state index contributed by atoms with van der Waals surface area (Å²) in [5.74, 6) is -0.782. The van der Waals surface area contributed by atoms with E-state index in [1.807, 2.05) is 6.92 Å². The monoisotopic (exact) mass is 349 g/mol. The van der Waals surface area contributed by atoms with Crippen LogP contribution in [0.3, 0.4) is 0 Å². The number of carboxylic acid groups (broad SMARTS) is 1. The molecular weight excluding hydrogens is 330 g/mol. The molecule has 7 heteroatoms. The maximum Gasteiger partial charge on any atom is 0.335 e. The molecule has 2 aromatic carbocycles. The van der Waals surface area contributed by atoms with E-state index in [1.165, 1.54) is 24.3 Å². The van der Waals surface area contributed by atoms with Gasteiger partial charge in [0.2, 0.25) is 0 Å². The number of carbonyl (C=O) groups is 1. The first-order valence-electron chi connectivity index (χ1n) is 7.43. The van der Waals surface area contributed by atoms with Crippen molar-refractivity contribution in [2.45, 2.75) is 25.2 Å². The first-order chi connectivity index (χ1) is 11.3. The lowest BCUT2D eigenvalue weighted by Crippen LogP contribution is -2.15. The molecule has 0 atom stereocenters.